The number of carbonyl (C=O) groups excluding carboxylic acids is 1. The van der Waals surface area contributed by atoms with Crippen LogP contribution in [0.2, 0.25) is 0 Å². The van der Waals surface area contributed by atoms with Crippen molar-refractivity contribution in [3.63, 3.8) is 0 Å². The summed E-state index contributed by atoms with van der Waals surface area (Å²) >= 11 is 1.31. The molecular weight excluding hydrogens is 306 g/mol. The molecule has 118 valence electrons. The largest absolute Gasteiger partial charge is 0.331 e. The van der Waals surface area contributed by atoms with Crippen LogP contribution in [0.15, 0.2) is 21.2 Å². The second kappa shape index (κ2) is 6.24. The molecule has 1 amide bonds. The van der Waals surface area contributed by atoms with Crippen molar-refractivity contribution in [1.82, 2.24) is 19.5 Å². The highest BCUT2D eigenvalue weighted by Crippen LogP contribution is 2.20. The van der Waals surface area contributed by atoms with Gasteiger partial charge in [0.15, 0.2) is 0 Å². The van der Waals surface area contributed by atoms with Gasteiger partial charge in [-0.3, -0.25) is 24.1 Å². The maximum Gasteiger partial charge on any atom is 0.331 e. The second-order valence-electron chi connectivity index (χ2n) is 5.08. The van der Waals surface area contributed by atoms with Crippen LogP contribution in [-0.2, 0) is 11.3 Å². The SMILES string of the molecule is Cc1csc(-c2cn(C(C)C)c(=O)n(CC(=O)NN)c2=O)n1. The molecule has 0 unspecified atom stereocenters. The van der Waals surface area contributed by atoms with Gasteiger partial charge < -0.3 is 0 Å². The molecule has 2 heterocycles. The fourth-order valence-electron chi connectivity index (χ4n) is 1.94. The third kappa shape index (κ3) is 3.00. The molecule has 0 aliphatic carbocycles. The number of hydrogen-bond acceptors (Lipinski definition) is 6. The van der Waals surface area contributed by atoms with Gasteiger partial charge in [0.1, 0.15) is 11.6 Å². The van der Waals surface area contributed by atoms with E-state index in [1.54, 1.807) is 0 Å². The molecule has 2 aromatic heterocycles. The average Bonchev–Trinajstić information content (AvgIpc) is 2.89. The molecule has 0 radical (unpaired) electrons. The number of hydrazine groups is 1. The van der Waals surface area contributed by atoms with Crippen molar-refractivity contribution in [3.05, 3.63) is 38.1 Å². The lowest BCUT2D eigenvalue weighted by Gasteiger charge is -2.14. The van der Waals surface area contributed by atoms with E-state index in [9.17, 15) is 14.4 Å². The van der Waals surface area contributed by atoms with E-state index < -0.39 is 23.7 Å². The van der Waals surface area contributed by atoms with Gasteiger partial charge in [-0.25, -0.2) is 15.6 Å². The fourth-order valence-corrected chi connectivity index (χ4v) is 2.74. The van der Waals surface area contributed by atoms with Gasteiger partial charge in [-0.15, -0.1) is 11.3 Å². The van der Waals surface area contributed by atoms with Gasteiger partial charge >= 0.3 is 5.69 Å². The van der Waals surface area contributed by atoms with Crippen LogP contribution in [0.3, 0.4) is 0 Å². The number of nitrogens with one attached hydrogen (secondary N) is 1. The Morgan fingerprint density at radius 3 is 2.64 bits per heavy atom. The number of nitrogens with two attached hydrogens (primary N) is 1. The van der Waals surface area contributed by atoms with Crippen molar-refractivity contribution in [2.24, 2.45) is 5.84 Å². The number of thiazole rings is 1. The number of aryl methyl sites for hydroxylation is 1. The van der Waals surface area contributed by atoms with Gasteiger partial charge in [-0.2, -0.15) is 0 Å². The van der Waals surface area contributed by atoms with Crippen LogP contribution in [0.1, 0.15) is 25.6 Å². The summed E-state index contributed by atoms with van der Waals surface area (Å²) in [5.74, 6) is 4.41. The van der Waals surface area contributed by atoms with Crippen molar-refractivity contribution in [3.8, 4) is 10.6 Å². The number of rotatable bonds is 4. The summed E-state index contributed by atoms with van der Waals surface area (Å²) in [6.07, 6.45) is 1.49. The van der Waals surface area contributed by atoms with Crippen molar-refractivity contribution < 1.29 is 4.79 Å². The maximum absolute atomic E-state index is 12.5. The smallest absolute Gasteiger partial charge is 0.297 e. The maximum atomic E-state index is 12.5. The summed E-state index contributed by atoms with van der Waals surface area (Å²) in [6.45, 7) is 5.02. The second-order valence-corrected chi connectivity index (χ2v) is 5.94. The average molecular weight is 323 g/mol. The summed E-state index contributed by atoms with van der Waals surface area (Å²) < 4.78 is 2.27. The molecule has 0 aliphatic rings. The molecule has 22 heavy (non-hydrogen) atoms. The highest BCUT2D eigenvalue weighted by Gasteiger charge is 2.18. The Hall–Kier alpha value is -2.26. The van der Waals surface area contributed by atoms with Crippen LogP contribution in [0.5, 0.6) is 0 Å². The van der Waals surface area contributed by atoms with Crippen LogP contribution in [0.4, 0.5) is 0 Å². The van der Waals surface area contributed by atoms with E-state index in [1.165, 1.54) is 22.1 Å². The Bertz CT molecular complexity index is 818. The Morgan fingerprint density at radius 1 is 1.45 bits per heavy atom. The summed E-state index contributed by atoms with van der Waals surface area (Å²) in [6, 6.07) is -0.167. The van der Waals surface area contributed by atoms with E-state index in [4.69, 9.17) is 5.84 Å². The van der Waals surface area contributed by atoms with Gasteiger partial charge in [0, 0.05) is 23.3 Å². The first-order valence-corrected chi connectivity index (χ1v) is 7.51. The van der Waals surface area contributed by atoms with Crippen LogP contribution in [0, 0.1) is 6.92 Å². The Morgan fingerprint density at radius 2 is 2.14 bits per heavy atom. The van der Waals surface area contributed by atoms with E-state index in [-0.39, 0.29) is 11.6 Å². The number of aromatic nitrogens is 3. The van der Waals surface area contributed by atoms with Crippen LogP contribution in [-0.4, -0.2) is 20.0 Å². The molecule has 0 aromatic carbocycles. The van der Waals surface area contributed by atoms with E-state index in [2.05, 4.69) is 4.98 Å². The number of hydrogen-bond donors (Lipinski definition) is 2. The highest BCUT2D eigenvalue weighted by molar-refractivity contribution is 7.13. The summed E-state index contributed by atoms with van der Waals surface area (Å²) in [5.41, 5.74) is 1.88. The lowest BCUT2D eigenvalue weighted by Crippen LogP contribution is -2.45. The molecule has 0 fully saturated rings. The summed E-state index contributed by atoms with van der Waals surface area (Å²) in [5, 5.41) is 2.33. The molecule has 0 saturated heterocycles. The lowest BCUT2D eigenvalue weighted by atomic mass is 10.3. The molecular formula is C13H17N5O3S. The van der Waals surface area contributed by atoms with E-state index in [0.29, 0.717) is 5.01 Å². The quantitative estimate of drug-likeness (QED) is 0.468. The minimum absolute atomic E-state index is 0.167. The van der Waals surface area contributed by atoms with Crippen LogP contribution in [0.25, 0.3) is 10.6 Å². The Kier molecular flexibility index (Phi) is 4.57. The molecule has 2 rings (SSSR count). The molecule has 3 N–H and O–H groups in total. The zero-order valence-corrected chi connectivity index (χ0v) is 13.3. The van der Waals surface area contributed by atoms with Crippen molar-refractivity contribution in [2.45, 2.75) is 33.4 Å². The van der Waals surface area contributed by atoms with E-state index >= 15 is 0 Å². The third-order valence-corrected chi connectivity index (χ3v) is 4.06. The zero-order chi connectivity index (χ0) is 16.4. The first-order valence-electron chi connectivity index (χ1n) is 6.63. The normalized spacial score (nSPS) is 11.0. The number of carbonyl (C=O) groups is 1. The minimum Gasteiger partial charge on any atom is -0.297 e. The number of amides is 1. The van der Waals surface area contributed by atoms with Crippen LogP contribution >= 0.6 is 11.3 Å². The molecule has 8 nitrogen and oxygen atoms in total. The third-order valence-electron chi connectivity index (χ3n) is 3.06. The number of nitrogens with zero attached hydrogens (tertiary/aromatic N) is 3. The molecule has 0 spiro atoms. The van der Waals surface area contributed by atoms with Gasteiger partial charge in [0.05, 0.1) is 5.56 Å². The van der Waals surface area contributed by atoms with E-state index in [1.807, 2.05) is 31.6 Å². The van der Waals surface area contributed by atoms with Crippen molar-refractivity contribution >= 4 is 17.2 Å². The predicted octanol–water partition coefficient (Wildman–Crippen LogP) is 0.0127. The van der Waals surface area contributed by atoms with Gasteiger partial charge in [-0.1, -0.05) is 0 Å². The zero-order valence-electron chi connectivity index (χ0n) is 12.5. The Balaban J connectivity index is 2.72. The standard InChI is InChI=1S/C13H17N5O3S/c1-7(2)17-4-9(11-15-8(3)6-22-11)12(20)18(13(17)21)5-10(19)16-14/h4,6-7H,5,14H2,1-3H3,(H,16,19). The molecule has 0 atom stereocenters. The molecule has 9 heteroatoms. The monoisotopic (exact) mass is 323 g/mol. The predicted molar refractivity (Wildman–Crippen MR) is 83.5 cm³/mol. The topological polar surface area (TPSA) is 112 Å². The van der Waals surface area contributed by atoms with Crippen molar-refractivity contribution in [1.29, 1.82) is 0 Å². The van der Waals surface area contributed by atoms with E-state index in [0.717, 1.165) is 10.3 Å². The lowest BCUT2D eigenvalue weighted by molar-refractivity contribution is -0.121. The molecule has 2 aromatic rings. The first-order chi connectivity index (χ1) is 10.3. The van der Waals surface area contributed by atoms with Gasteiger partial charge in [0.25, 0.3) is 11.5 Å². The fraction of sp³-hybridized carbons (Fsp3) is 0.385. The van der Waals surface area contributed by atoms with Gasteiger partial charge in [-0.05, 0) is 20.8 Å². The minimum atomic E-state index is -0.623. The van der Waals surface area contributed by atoms with Crippen molar-refractivity contribution in [2.75, 3.05) is 0 Å². The summed E-state index contributed by atoms with van der Waals surface area (Å²) in [4.78, 5) is 40.6. The Labute approximate surface area is 130 Å². The first kappa shape index (κ1) is 16.1. The van der Waals surface area contributed by atoms with Crippen LogP contribution < -0.4 is 22.5 Å². The molecule has 0 saturated carbocycles. The summed E-state index contributed by atoms with van der Waals surface area (Å²) in [7, 11) is 0. The van der Waals surface area contributed by atoms with Gasteiger partial charge in [0.2, 0.25) is 0 Å². The molecule has 0 aliphatic heterocycles. The molecule has 0 bridgehead atoms. The highest BCUT2D eigenvalue weighted by atomic mass is 32.1.